The maximum atomic E-state index is 13.0. The highest BCUT2D eigenvalue weighted by atomic mass is 79.9. The van der Waals surface area contributed by atoms with Gasteiger partial charge < -0.3 is 19.3 Å². The van der Waals surface area contributed by atoms with Crippen LogP contribution in [0.5, 0.6) is 0 Å². The molecule has 7 rings (SSSR count). The molecule has 4 saturated carbocycles. The van der Waals surface area contributed by atoms with E-state index in [4.69, 9.17) is 42.5 Å². The summed E-state index contributed by atoms with van der Waals surface area (Å²) in [5.41, 5.74) is 2.10. The molecule has 1 N–H and O–H groups in total. The van der Waals surface area contributed by atoms with Crippen molar-refractivity contribution in [1.29, 1.82) is 0 Å². The van der Waals surface area contributed by atoms with E-state index in [0.29, 0.717) is 16.6 Å². The summed E-state index contributed by atoms with van der Waals surface area (Å²) in [5.74, 6) is -0.987. The van der Waals surface area contributed by atoms with E-state index < -0.39 is 23.1 Å². The first-order valence-electron chi connectivity index (χ1n) is 17.7. The summed E-state index contributed by atoms with van der Waals surface area (Å²) in [4.78, 5) is 32.9. The molecule has 2 unspecified atom stereocenters. The third-order valence-electron chi connectivity index (χ3n) is 9.89. The molecule has 10 nitrogen and oxygen atoms in total. The van der Waals surface area contributed by atoms with Gasteiger partial charge in [0, 0.05) is 23.4 Å². The molecule has 3 aromatic heterocycles. The van der Waals surface area contributed by atoms with Crippen molar-refractivity contribution in [3.05, 3.63) is 62.3 Å². The summed E-state index contributed by atoms with van der Waals surface area (Å²) >= 11 is 15.1. The second kappa shape index (κ2) is 14.6. The van der Waals surface area contributed by atoms with Gasteiger partial charge in [0.1, 0.15) is 21.5 Å². The lowest BCUT2D eigenvalue weighted by Gasteiger charge is -2.69. The second-order valence-electron chi connectivity index (χ2n) is 17.7. The molecule has 0 aliphatic heterocycles. The highest BCUT2D eigenvalue weighted by Gasteiger charge is 2.66. The number of nitrogens with zero attached hydrogens (tertiary/aromatic N) is 4. The van der Waals surface area contributed by atoms with E-state index in [1.807, 2.05) is 33.0 Å². The number of rotatable bonds is 8. The highest BCUT2D eigenvalue weighted by molar-refractivity contribution is 9.10. The normalized spacial score (nSPS) is 26.5. The van der Waals surface area contributed by atoms with Gasteiger partial charge in [0.25, 0.3) is 0 Å². The molecule has 284 valence electrons. The zero-order chi connectivity index (χ0) is 38.5. The molecule has 0 radical (unpaired) electrons. The zero-order valence-corrected chi connectivity index (χ0v) is 34.8. The lowest BCUT2D eigenvalue weighted by Crippen LogP contribution is -2.64. The van der Waals surface area contributed by atoms with Crippen LogP contribution in [0, 0.1) is 23.2 Å². The molecule has 0 saturated heterocycles. The van der Waals surface area contributed by atoms with Crippen LogP contribution in [0.15, 0.2) is 34.9 Å². The number of esters is 2. The van der Waals surface area contributed by atoms with E-state index in [0.717, 1.165) is 49.9 Å². The first-order valence-corrected chi connectivity index (χ1v) is 19.2. The number of hydrogen-bond donors (Lipinski definition) is 1. The molecule has 4 aliphatic carbocycles. The van der Waals surface area contributed by atoms with Gasteiger partial charge in [-0.25, -0.2) is 19.6 Å². The molecule has 4 aliphatic rings. The predicted molar refractivity (Wildman–Crippen MR) is 205 cm³/mol. The average molecular weight is 823 g/mol. The maximum absolute atomic E-state index is 13.0. The van der Waals surface area contributed by atoms with Crippen LogP contribution in [0.2, 0.25) is 10.3 Å². The van der Waals surface area contributed by atoms with Crippen molar-refractivity contribution in [2.75, 3.05) is 13.2 Å². The van der Waals surface area contributed by atoms with Gasteiger partial charge in [0.2, 0.25) is 0 Å². The minimum Gasteiger partial charge on any atom is -0.455 e. The van der Waals surface area contributed by atoms with Gasteiger partial charge in [-0.05, 0) is 143 Å². The van der Waals surface area contributed by atoms with Crippen molar-refractivity contribution < 1.29 is 28.9 Å². The van der Waals surface area contributed by atoms with Gasteiger partial charge in [-0.2, -0.15) is 5.10 Å². The minimum absolute atomic E-state index is 0.0545. The zero-order valence-electron chi connectivity index (χ0n) is 31.7. The van der Waals surface area contributed by atoms with Gasteiger partial charge in [-0.3, -0.25) is 4.68 Å². The van der Waals surface area contributed by atoms with E-state index in [2.05, 4.69) is 51.4 Å². The van der Waals surface area contributed by atoms with Crippen molar-refractivity contribution in [2.45, 2.75) is 124 Å². The van der Waals surface area contributed by atoms with Crippen molar-refractivity contribution in [3.8, 4) is 11.1 Å². The summed E-state index contributed by atoms with van der Waals surface area (Å²) in [6.45, 7) is 19.0. The fraction of sp³-hybridized carbons (Fsp3) is 0.615. The van der Waals surface area contributed by atoms with Crippen LogP contribution in [-0.2, 0) is 20.8 Å². The van der Waals surface area contributed by atoms with Crippen LogP contribution < -0.4 is 0 Å². The fourth-order valence-electron chi connectivity index (χ4n) is 9.62. The number of aliphatic hydroxyl groups excluding tert-OH is 1. The Labute approximate surface area is 325 Å². The Morgan fingerprint density at radius 2 is 1.37 bits per heavy atom. The highest BCUT2D eigenvalue weighted by Crippen LogP contribution is 2.72. The molecular formula is C39H51BrCl2N4O6. The number of carbonyl (C=O) groups excluding carboxylic acids is 2. The lowest BCUT2D eigenvalue weighted by molar-refractivity contribution is -0.250. The summed E-state index contributed by atoms with van der Waals surface area (Å²) in [6, 6.07) is 6.78. The third kappa shape index (κ3) is 9.38. The van der Waals surface area contributed by atoms with Gasteiger partial charge in [0.05, 0.1) is 29.5 Å². The molecule has 52 heavy (non-hydrogen) atoms. The molecular weight excluding hydrogens is 771 g/mol. The molecule has 4 bridgehead atoms. The van der Waals surface area contributed by atoms with E-state index in [1.165, 1.54) is 6.42 Å². The molecule has 2 atom stereocenters. The molecule has 0 amide bonds. The summed E-state index contributed by atoms with van der Waals surface area (Å²) < 4.78 is 19.9. The smallest absolute Gasteiger partial charge is 0.358 e. The summed E-state index contributed by atoms with van der Waals surface area (Å²) in [7, 11) is 0. The van der Waals surface area contributed by atoms with Crippen LogP contribution in [-0.4, -0.2) is 66.8 Å². The van der Waals surface area contributed by atoms with Gasteiger partial charge in [0.15, 0.2) is 11.4 Å². The number of pyridine rings is 2. The second-order valence-corrected chi connectivity index (χ2v) is 19.4. The SMILES string of the molecule is CC(C)(C)OC(=O)c1nc(Cl)ccc1Br.Cc1c(-c2ccc(Cl)nc2C(=O)OC(C)(C)C)cnn1CC12CC3(C)CC(C)(C1)CC(OCCO)(C3)C2. The number of halogens is 3. The van der Waals surface area contributed by atoms with E-state index >= 15 is 0 Å². The Hall–Kier alpha value is -2.57. The number of aliphatic hydroxyl groups is 1. The number of carbonyl (C=O) groups is 2. The quantitative estimate of drug-likeness (QED) is 0.175. The summed E-state index contributed by atoms with van der Waals surface area (Å²) in [6.07, 6.45) is 8.49. The molecule has 13 heteroatoms. The van der Waals surface area contributed by atoms with Crippen molar-refractivity contribution in [1.82, 2.24) is 19.7 Å². The summed E-state index contributed by atoms with van der Waals surface area (Å²) in [5, 5.41) is 14.8. The standard InChI is InChI=1S/C29H40ClN3O4.C10H11BrClNO2/c1-19-21(20-7-8-22(30)32-23(20)24(35)37-25(2,3)4)11-31-33(19)18-28-13-26(5)12-27(6,14-28)16-29(15-26,17-28)36-10-9-34;1-10(2,3)15-9(14)8-6(11)4-5-7(12)13-8/h7-8,11,34H,9-10,12-18H2,1-6H3;4-5H,1-3H3. The van der Waals surface area contributed by atoms with Crippen molar-refractivity contribution in [2.24, 2.45) is 16.2 Å². The molecule has 3 aromatic rings. The van der Waals surface area contributed by atoms with Crippen LogP contribution >= 0.6 is 39.1 Å². The molecule has 0 spiro atoms. The van der Waals surface area contributed by atoms with Crippen LogP contribution in [0.3, 0.4) is 0 Å². The number of aromatic nitrogens is 4. The Kier molecular flexibility index (Phi) is 11.4. The number of hydrogen-bond acceptors (Lipinski definition) is 9. The topological polar surface area (TPSA) is 126 Å². The third-order valence-corrected chi connectivity index (χ3v) is 10.9. The lowest BCUT2D eigenvalue weighted by atomic mass is 9.39. The Bertz CT molecular complexity index is 1820. The largest absolute Gasteiger partial charge is 0.455 e. The predicted octanol–water partition coefficient (Wildman–Crippen LogP) is 9.44. The Morgan fingerprint density at radius 1 is 0.827 bits per heavy atom. The van der Waals surface area contributed by atoms with Gasteiger partial charge >= 0.3 is 11.9 Å². The van der Waals surface area contributed by atoms with E-state index in [9.17, 15) is 14.7 Å². The molecule has 4 fully saturated rings. The fourth-order valence-corrected chi connectivity index (χ4v) is 10.3. The van der Waals surface area contributed by atoms with Crippen LogP contribution in [0.4, 0.5) is 0 Å². The van der Waals surface area contributed by atoms with Gasteiger partial charge in [-0.1, -0.05) is 37.0 Å². The van der Waals surface area contributed by atoms with Crippen molar-refractivity contribution in [3.63, 3.8) is 0 Å². The molecule has 0 aromatic carbocycles. The molecule has 3 heterocycles. The number of ether oxygens (including phenoxy) is 3. The van der Waals surface area contributed by atoms with Crippen LogP contribution in [0.25, 0.3) is 11.1 Å². The van der Waals surface area contributed by atoms with E-state index in [1.54, 1.807) is 39.0 Å². The Morgan fingerprint density at radius 3 is 1.92 bits per heavy atom. The first-order chi connectivity index (χ1) is 24.0. The monoisotopic (exact) mass is 820 g/mol. The minimum atomic E-state index is -0.643. The Balaban J connectivity index is 0.000000293. The van der Waals surface area contributed by atoms with Crippen molar-refractivity contribution >= 4 is 51.1 Å². The first kappa shape index (κ1) is 40.6. The average Bonchev–Trinajstić information content (AvgIpc) is 3.32. The van der Waals surface area contributed by atoms with E-state index in [-0.39, 0.29) is 50.1 Å². The maximum Gasteiger partial charge on any atom is 0.358 e. The van der Waals surface area contributed by atoms with Gasteiger partial charge in [-0.15, -0.1) is 0 Å². The van der Waals surface area contributed by atoms with Crippen LogP contribution in [0.1, 0.15) is 121 Å².